The zero-order chi connectivity index (χ0) is 11.2. The molecule has 2 heterocycles. The maximum absolute atomic E-state index is 4.17. The Labute approximate surface area is 100 Å². The fourth-order valence-electron chi connectivity index (χ4n) is 1.61. The third kappa shape index (κ3) is 3.43. The molecule has 2 rings (SSSR count). The van der Waals surface area contributed by atoms with Crippen LogP contribution in [-0.2, 0) is 13.0 Å². The number of rotatable bonds is 5. The highest BCUT2D eigenvalue weighted by atomic mass is 32.1. The molecule has 0 saturated heterocycles. The van der Waals surface area contributed by atoms with E-state index in [4.69, 9.17) is 0 Å². The number of hydrogen-bond acceptors (Lipinski definition) is 3. The van der Waals surface area contributed by atoms with Gasteiger partial charge in [-0.05, 0) is 35.9 Å². The number of aryl methyl sites for hydroxylation is 1. The predicted molar refractivity (Wildman–Crippen MR) is 68.7 cm³/mol. The van der Waals surface area contributed by atoms with Gasteiger partial charge in [0.25, 0.3) is 0 Å². The highest BCUT2D eigenvalue weighted by Crippen LogP contribution is 2.08. The van der Waals surface area contributed by atoms with Crippen LogP contribution in [0, 0.1) is 6.92 Å². The molecular weight excluding hydrogens is 216 g/mol. The van der Waals surface area contributed by atoms with Crippen LogP contribution in [-0.4, -0.2) is 11.5 Å². The molecular formula is C13H16N2S. The summed E-state index contributed by atoms with van der Waals surface area (Å²) >= 11 is 1.82. The molecule has 1 N–H and O–H groups in total. The monoisotopic (exact) mass is 232 g/mol. The van der Waals surface area contributed by atoms with E-state index in [0.717, 1.165) is 19.5 Å². The highest BCUT2D eigenvalue weighted by Gasteiger charge is 1.95. The summed E-state index contributed by atoms with van der Waals surface area (Å²) in [6.45, 7) is 4.00. The summed E-state index contributed by atoms with van der Waals surface area (Å²) in [6.07, 6.45) is 4.91. The zero-order valence-electron chi connectivity index (χ0n) is 9.44. The molecule has 16 heavy (non-hydrogen) atoms. The Morgan fingerprint density at radius 3 is 3.06 bits per heavy atom. The molecule has 0 fully saturated rings. The second kappa shape index (κ2) is 5.77. The Kier molecular flexibility index (Phi) is 4.08. The van der Waals surface area contributed by atoms with Gasteiger partial charge >= 0.3 is 0 Å². The summed E-state index contributed by atoms with van der Waals surface area (Å²) in [7, 11) is 0. The minimum absolute atomic E-state index is 0.903. The van der Waals surface area contributed by atoms with Crippen LogP contribution in [0.2, 0.25) is 0 Å². The Morgan fingerprint density at radius 1 is 1.38 bits per heavy atom. The first kappa shape index (κ1) is 11.3. The lowest BCUT2D eigenvalue weighted by Crippen LogP contribution is -2.16. The van der Waals surface area contributed by atoms with Gasteiger partial charge in [0.2, 0.25) is 0 Å². The van der Waals surface area contributed by atoms with Crippen molar-refractivity contribution in [3.8, 4) is 0 Å². The molecule has 3 heteroatoms. The van der Waals surface area contributed by atoms with Crippen molar-refractivity contribution in [1.29, 1.82) is 0 Å². The molecule has 0 aliphatic rings. The molecule has 2 nitrogen and oxygen atoms in total. The van der Waals surface area contributed by atoms with Crippen LogP contribution in [0.5, 0.6) is 0 Å². The second-order valence-corrected chi connectivity index (χ2v) is 4.91. The molecule has 0 bridgehead atoms. The largest absolute Gasteiger partial charge is 0.312 e. The average molecular weight is 232 g/mol. The lowest BCUT2D eigenvalue weighted by Gasteiger charge is -2.04. The SMILES string of the molecule is Cc1cncc(CNCCc2cccs2)c1. The first-order valence-corrected chi connectivity index (χ1v) is 6.36. The smallest absolute Gasteiger partial charge is 0.0313 e. The van der Waals surface area contributed by atoms with Gasteiger partial charge in [-0.3, -0.25) is 4.98 Å². The summed E-state index contributed by atoms with van der Waals surface area (Å²) in [4.78, 5) is 5.61. The van der Waals surface area contributed by atoms with Crippen molar-refractivity contribution in [3.05, 3.63) is 52.0 Å². The van der Waals surface area contributed by atoms with E-state index in [1.54, 1.807) is 0 Å². The molecule has 2 aromatic rings. The Morgan fingerprint density at radius 2 is 2.31 bits per heavy atom. The van der Waals surface area contributed by atoms with Crippen LogP contribution in [0.1, 0.15) is 16.0 Å². The maximum Gasteiger partial charge on any atom is 0.0313 e. The molecule has 0 saturated carbocycles. The van der Waals surface area contributed by atoms with Crippen molar-refractivity contribution in [2.75, 3.05) is 6.54 Å². The molecule has 0 unspecified atom stereocenters. The van der Waals surface area contributed by atoms with Gasteiger partial charge in [-0.1, -0.05) is 12.1 Å². The minimum atomic E-state index is 0.903. The van der Waals surface area contributed by atoms with Crippen molar-refractivity contribution in [3.63, 3.8) is 0 Å². The summed E-state index contributed by atoms with van der Waals surface area (Å²) in [6, 6.07) is 6.45. The molecule has 0 spiro atoms. The van der Waals surface area contributed by atoms with Crippen molar-refractivity contribution >= 4 is 11.3 Å². The molecule has 0 amide bonds. The minimum Gasteiger partial charge on any atom is -0.312 e. The topological polar surface area (TPSA) is 24.9 Å². The molecule has 0 aromatic carbocycles. The standard InChI is InChI=1S/C13H16N2S/c1-11-7-12(10-15-8-11)9-14-5-4-13-3-2-6-16-13/h2-3,6-8,10,14H,4-5,9H2,1H3. The molecule has 2 aromatic heterocycles. The predicted octanol–water partition coefficient (Wildman–Crippen LogP) is 2.78. The molecule has 84 valence electrons. The molecule has 0 radical (unpaired) electrons. The number of nitrogens with one attached hydrogen (secondary N) is 1. The van der Waals surface area contributed by atoms with Crippen LogP contribution < -0.4 is 5.32 Å². The van der Waals surface area contributed by atoms with Crippen LogP contribution in [0.3, 0.4) is 0 Å². The van der Waals surface area contributed by atoms with E-state index in [0.29, 0.717) is 0 Å². The van der Waals surface area contributed by atoms with Crippen molar-refractivity contribution in [2.45, 2.75) is 19.9 Å². The fourth-order valence-corrected chi connectivity index (χ4v) is 2.32. The number of thiophene rings is 1. The zero-order valence-corrected chi connectivity index (χ0v) is 10.3. The summed E-state index contributed by atoms with van der Waals surface area (Å²) < 4.78 is 0. The van der Waals surface area contributed by atoms with Crippen molar-refractivity contribution < 1.29 is 0 Å². The van der Waals surface area contributed by atoms with E-state index < -0.39 is 0 Å². The summed E-state index contributed by atoms with van der Waals surface area (Å²) in [5, 5.41) is 5.56. The Hall–Kier alpha value is -1.19. The van der Waals surface area contributed by atoms with Crippen LogP contribution >= 0.6 is 11.3 Å². The Bertz CT molecular complexity index is 423. The van der Waals surface area contributed by atoms with E-state index in [2.05, 4.69) is 40.8 Å². The van der Waals surface area contributed by atoms with E-state index >= 15 is 0 Å². The van der Waals surface area contributed by atoms with Crippen LogP contribution in [0.25, 0.3) is 0 Å². The third-order valence-electron chi connectivity index (χ3n) is 2.39. The third-order valence-corrected chi connectivity index (χ3v) is 3.33. The van der Waals surface area contributed by atoms with Gasteiger partial charge in [-0.25, -0.2) is 0 Å². The molecule has 0 aliphatic carbocycles. The highest BCUT2D eigenvalue weighted by molar-refractivity contribution is 7.09. The van der Waals surface area contributed by atoms with Gasteiger partial charge < -0.3 is 5.32 Å². The van der Waals surface area contributed by atoms with Crippen LogP contribution in [0.4, 0.5) is 0 Å². The lowest BCUT2D eigenvalue weighted by molar-refractivity contribution is 0.688. The van der Waals surface area contributed by atoms with E-state index in [9.17, 15) is 0 Å². The summed E-state index contributed by atoms with van der Waals surface area (Å²) in [5.41, 5.74) is 2.48. The molecule has 0 aliphatic heterocycles. The average Bonchev–Trinajstić information content (AvgIpc) is 2.77. The van der Waals surface area contributed by atoms with Crippen LogP contribution in [0.15, 0.2) is 36.0 Å². The molecule has 0 atom stereocenters. The van der Waals surface area contributed by atoms with Crippen molar-refractivity contribution in [2.24, 2.45) is 0 Å². The van der Waals surface area contributed by atoms with E-state index in [1.165, 1.54) is 16.0 Å². The second-order valence-electron chi connectivity index (χ2n) is 3.88. The maximum atomic E-state index is 4.17. The van der Waals surface area contributed by atoms with Gasteiger partial charge in [-0.2, -0.15) is 0 Å². The number of nitrogens with zero attached hydrogens (tertiary/aromatic N) is 1. The van der Waals surface area contributed by atoms with E-state index in [1.807, 2.05) is 23.7 Å². The normalized spacial score (nSPS) is 10.6. The van der Waals surface area contributed by atoms with Crippen molar-refractivity contribution in [1.82, 2.24) is 10.3 Å². The van der Waals surface area contributed by atoms with Gasteiger partial charge in [0.05, 0.1) is 0 Å². The number of aromatic nitrogens is 1. The van der Waals surface area contributed by atoms with Gasteiger partial charge in [0.15, 0.2) is 0 Å². The summed E-state index contributed by atoms with van der Waals surface area (Å²) in [5.74, 6) is 0. The fraction of sp³-hybridized carbons (Fsp3) is 0.308. The van der Waals surface area contributed by atoms with Gasteiger partial charge in [0.1, 0.15) is 0 Å². The lowest BCUT2D eigenvalue weighted by atomic mass is 10.2. The van der Waals surface area contributed by atoms with Gasteiger partial charge in [0, 0.05) is 30.4 Å². The quantitative estimate of drug-likeness (QED) is 0.802. The van der Waals surface area contributed by atoms with E-state index in [-0.39, 0.29) is 0 Å². The number of hydrogen-bond donors (Lipinski definition) is 1. The first-order valence-electron chi connectivity index (χ1n) is 5.48. The first-order chi connectivity index (χ1) is 7.84. The number of pyridine rings is 1. The Balaban J connectivity index is 1.72. The van der Waals surface area contributed by atoms with Gasteiger partial charge in [-0.15, -0.1) is 11.3 Å².